The van der Waals surface area contributed by atoms with Crippen molar-refractivity contribution in [1.82, 2.24) is 9.46 Å². The Morgan fingerprint density at radius 3 is 2.55 bits per heavy atom. The van der Waals surface area contributed by atoms with E-state index >= 15 is 0 Å². The fourth-order valence-electron chi connectivity index (χ4n) is 1.68. The Balaban J connectivity index is 2.05. The van der Waals surface area contributed by atoms with Crippen LogP contribution in [0.4, 0.5) is 5.82 Å². The number of benzene rings is 1. The molecule has 0 bridgehead atoms. The van der Waals surface area contributed by atoms with E-state index in [-0.39, 0.29) is 17.3 Å². The van der Waals surface area contributed by atoms with Crippen molar-refractivity contribution in [1.29, 1.82) is 0 Å². The molecule has 2 rings (SSSR count). The molecule has 1 amide bonds. The average Bonchev–Trinajstić information content (AvgIpc) is 2.84. The highest BCUT2D eigenvalue weighted by Gasteiger charge is 2.23. The van der Waals surface area contributed by atoms with Crippen LogP contribution in [-0.2, 0) is 14.8 Å². The van der Waals surface area contributed by atoms with Crippen molar-refractivity contribution in [3.8, 4) is 0 Å². The normalized spacial score (nSPS) is 11.6. The first-order valence-electron chi connectivity index (χ1n) is 6.24. The third-order valence-electron chi connectivity index (χ3n) is 2.78. The zero-order valence-electron chi connectivity index (χ0n) is 11.9. The number of hydrogen-bond acceptors (Lipinski definition) is 5. The van der Waals surface area contributed by atoms with Crippen LogP contribution in [0.3, 0.4) is 0 Å². The van der Waals surface area contributed by atoms with Gasteiger partial charge in [-0.25, -0.2) is 8.42 Å². The second kappa shape index (κ2) is 6.59. The minimum absolute atomic E-state index is 0.114. The maximum absolute atomic E-state index is 12.3. The molecule has 0 aliphatic rings. The van der Waals surface area contributed by atoms with Gasteiger partial charge in [0.1, 0.15) is 5.76 Å². The summed E-state index contributed by atoms with van der Waals surface area (Å²) < 4.78 is 31.2. The third kappa shape index (κ3) is 3.93. The van der Waals surface area contributed by atoms with E-state index in [0.29, 0.717) is 5.76 Å². The number of hydrogen-bond donors (Lipinski definition) is 1. The van der Waals surface area contributed by atoms with Crippen LogP contribution in [0.15, 0.2) is 44.2 Å². The second-order valence-corrected chi connectivity index (χ2v) is 7.55. The van der Waals surface area contributed by atoms with Crippen molar-refractivity contribution < 1.29 is 17.7 Å². The summed E-state index contributed by atoms with van der Waals surface area (Å²) in [4.78, 5) is 12.0. The van der Waals surface area contributed by atoms with Gasteiger partial charge in [0.2, 0.25) is 15.9 Å². The predicted molar refractivity (Wildman–Crippen MR) is 83.8 cm³/mol. The van der Waals surface area contributed by atoms with E-state index in [9.17, 15) is 13.2 Å². The fraction of sp³-hybridized carbons (Fsp3) is 0.231. The zero-order chi connectivity index (χ0) is 16.3. The quantitative estimate of drug-likeness (QED) is 0.846. The third-order valence-corrected chi connectivity index (χ3v) is 5.13. The van der Waals surface area contributed by atoms with Crippen LogP contribution < -0.4 is 5.32 Å². The molecule has 0 atom stereocenters. The van der Waals surface area contributed by atoms with E-state index in [1.54, 1.807) is 25.1 Å². The fourth-order valence-corrected chi connectivity index (χ4v) is 3.07. The first kappa shape index (κ1) is 16.7. The first-order chi connectivity index (χ1) is 10.3. The van der Waals surface area contributed by atoms with E-state index in [1.807, 2.05) is 0 Å². The Kier molecular flexibility index (Phi) is 4.99. The monoisotopic (exact) mass is 387 g/mol. The highest BCUT2D eigenvalue weighted by atomic mass is 79.9. The van der Waals surface area contributed by atoms with Gasteiger partial charge in [0.25, 0.3) is 0 Å². The Bertz CT molecular complexity index is 771. The van der Waals surface area contributed by atoms with Crippen LogP contribution in [0.2, 0.25) is 0 Å². The maximum atomic E-state index is 12.3. The highest BCUT2D eigenvalue weighted by molar-refractivity contribution is 9.10. The number of sulfonamides is 1. The van der Waals surface area contributed by atoms with E-state index in [4.69, 9.17) is 4.52 Å². The number of aromatic nitrogens is 1. The Morgan fingerprint density at radius 2 is 2.00 bits per heavy atom. The Morgan fingerprint density at radius 1 is 1.36 bits per heavy atom. The number of anilines is 1. The molecular formula is C13H14BrN3O4S. The molecule has 118 valence electrons. The van der Waals surface area contributed by atoms with E-state index in [1.165, 1.54) is 19.2 Å². The summed E-state index contributed by atoms with van der Waals surface area (Å²) in [7, 11) is -2.39. The minimum atomic E-state index is -3.73. The lowest BCUT2D eigenvalue weighted by Crippen LogP contribution is -2.35. The molecule has 0 unspecified atom stereocenters. The minimum Gasteiger partial charge on any atom is -0.360 e. The maximum Gasteiger partial charge on any atom is 0.243 e. The van der Waals surface area contributed by atoms with Gasteiger partial charge in [0.15, 0.2) is 5.82 Å². The van der Waals surface area contributed by atoms with Gasteiger partial charge >= 0.3 is 0 Å². The van der Waals surface area contributed by atoms with Crippen molar-refractivity contribution >= 4 is 37.7 Å². The predicted octanol–water partition coefficient (Wildman–Crippen LogP) is 2.00. The first-order valence-corrected chi connectivity index (χ1v) is 8.47. The molecule has 0 aliphatic heterocycles. The Labute approximate surface area is 136 Å². The second-order valence-electron chi connectivity index (χ2n) is 4.59. The summed E-state index contributed by atoms with van der Waals surface area (Å²) >= 11 is 3.24. The van der Waals surface area contributed by atoms with Crippen LogP contribution in [0.1, 0.15) is 5.76 Å². The van der Waals surface area contributed by atoms with Crippen molar-refractivity contribution in [3.05, 3.63) is 40.6 Å². The topological polar surface area (TPSA) is 92.5 Å². The summed E-state index contributed by atoms with van der Waals surface area (Å²) in [5, 5.41) is 6.08. The molecule has 1 aromatic heterocycles. The molecule has 0 fully saturated rings. The summed E-state index contributed by atoms with van der Waals surface area (Å²) in [6.07, 6.45) is 0. The molecule has 0 spiro atoms. The molecule has 7 nitrogen and oxygen atoms in total. The molecule has 22 heavy (non-hydrogen) atoms. The molecule has 0 saturated carbocycles. The number of carbonyl (C=O) groups excluding carboxylic acids is 1. The molecule has 0 saturated heterocycles. The van der Waals surface area contributed by atoms with Gasteiger partial charge < -0.3 is 9.84 Å². The number of carbonyl (C=O) groups is 1. The molecule has 1 aromatic carbocycles. The molecule has 1 N–H and O–H groups in total. The Hall–Kier alpha value is -1.71. The van der Waals surface area contributed by atoms with Crippen LogP contribution in [0, 0.1) is 6.92 Å². The van der Waals surface area contributed by atoms with Gasteiger partial charge in [-0.2, -0.15) is 4.31 Å². The van der Waals surface area contributed by atoms with Gasteiger partial charge in [-0.3, -0.25) is 4.79 Å². The lowest BCUT2D eigenvalue weighted by atomic mass is 10.4. The lowest BCUT2D eigenvalue weighted by molar-refractivity contribution is -0.116. The molecule has 0 radical (unpaired) electrons. The summed E-state index contributed by atoms with van der Waals surface area (Å²) in [5.41, 5.74) is 0. The van der Waals surface area contributed by atoms with Crippen molar-refractivity contribution in [2.24, 2.45) is 0 Å². The molecule has 9 heteroatoms. The number of halogens is 1. The molecule has 2 aromatic rings. The summed E-state index contributed by atoms with van der Waals surface area (Å²) in [6, 6.07) is 7.72. The lowest BCUT2D eigenvalue weighted by Gasteiger charge is -2.16. The van der Waals surface area contributed by atoms with Crippen LogP contribution in [0.25, 0.3) is 0 Å². The summed E-state index contributed by atoms with van der Waals surface area (Å²) in [5.74, 6) is 0.291. The number of likely N-dealkylation sites (N-methyl/N-ethyl adjacent to an activating group) is 1. The molecule has 1 heterocycles. The van der Waals surface area contributed by atoms with Gasteiger partial charge in [0, 0.05) is 17.6 Å². The van der Waals surface area contributed by atoms with Crippen molar-refractivity contribution in [3.63, 3.8) is 0 Å². The van der Waals surface area contributed by atoms with Gasteiger partial charge in [0.05, 0.1) is 11.4 Å². The van der Waals surface area contributed by atoms with Gasteiger partial charge in [-0.1, -0.05) is 21.1 Å². The number of nitrogens with one attached hydrogen (secondary N) is 1. The standard InChI is InChI=1S/C13H14BrN3O4S/c1-9-7-12(16-21-9)15-13(18)8-17(2)22(19,20)11-5-3-10(14)4-6-11/h3-7H,8H2,1-2H3,(H,15,16,18). The van der Waals surface area contributed by atoms with E-state index < -0.39 is 15.9 Å². The van der Waals surface area contributed by atoms with E-state index in [0.717, 1.165) is 8.78 Å². The number of amides is 1. The van der Waals surface area contributed by atoms with Gasteiger partial charge in [-0.15, -0.1) is 0 Å². The van der Waals surface area contributed by atoms with Crippen LogP contribution in [0.5, 0.6) is 0 Å². The van der Waals surface area contributed by atoms with Crippen molar-refractivity contribution in [2.75, 3.05) is 18.9 Å². The van der Waals surface area contributed by atoms with Gasteiger partial charge in [-0.05, 0) is 31.2 Å². The summed E-state index contributed by atoms with van der Waals surface area (Å²) in [6.45, 7) is 1.36. The van der Waals surface area contributed by atoms with Crippen LogP contribution >= 0.6 is 15.9 Å². The van der Waals surface area contributed by atoms with E-state index in [2.05, 4.69) is 26.4 Å². The number of nitrogens with zero attached hydrogens (tertiary/aromatic N) is 2. The highest BCUT2D eigenvalue weighted by Crippen LogP contribution is 2.17. The van der Waals surface area contributed by atoms with Crippen LogP contribution in [-0.4, -0.2) is 37.4 Å². The van der Waals surface area contributed by atoms with Crippen molar-refractivity contribution in [2.45, 2.75) is 11.8 Å². The number of rotatable bonds is 5. The number of aryl methyl sites for hydroxylation is 1. The zero-order valence-corrected chi connectivity index (χ0v) is 14.3. The average molecular weight is 388 g/mol. The molecular weight excluding hydrogens is 374 g/mol. The molecule has 0 aliphatic carbocycles. The smallest absolute Gasteiger partial charge is 0.243 e. The largest absolute Gasteiger partial charge is 0.360 e. The SMILES string of the molecule is Cc1cc(NC(=O)CN(C)S(=O)(=O)c2ccc(Br)cc2)no1.